The number of rotatable bonds is 11. The van der Waals surface area contributed by atoms with Gasteiger partial charge in [-0.1, -0.05) is 6.08 Å². The fourth-order valence-corrected chi connectivity index (χ4v) is 2.70. The van der Waals surface area contributed by atoms with E-state index in [1.54, 1.807) is 6.08 Å². The van der Waals surface area contributed by atoms with Crippen molar-refractivity contribution in [2.75, 3.05) is 46.2 Å². The molecule has 2 aliphatic rings. The van der Waals surface area contributed by atoms with Gasteiger partial charge in [-0.2, -0.15) is 0 Å². The van der Waals surface area contributed by atoms with E-state index in [0.29, 0.717) is 46.2 Å². The van der Waals surface area contributed by atoms with Crippen LogP contribution in [0.3, 0.4) is 0 Å². The van der Waals surface area contributed by atoms with Crippen LogP contribution in [-0.4, -0.2) is 76.1 Å². The fraction of sp³-hybridized carbons (Fsp3) is 0.889. The van der Waals surface area contributed by atoms with Crippen LogP contribution in [-0.2, 0) is 33.2 Å². The minimum absolute atomic E-state index is 0.0535. The summed E-state index contributed by atoms with van der Waals surface area (Å²) in [6.45, 7) is 14.5. The van der Waals surface area contributed by atoms with E-state index in [0.717, 1.165) is 0 Å². The second kappa shape index (κ2) is 9.41. The van der Waals surface area contributed by atoms with Gasteiger partial charge in [0, 0.05) is 0 Å². The first-order valence-electron chi connectivity index (χ1n) is 8.81. The maximum absolute atomic E-state index is 5.73. The number of ether oxygens (including phenoxy) is 7. The monoisotopic (exact) mass is 360 g/mol. The molecule has 2 saturated heterocycles. The predicted molar refractivity (Wildman–Crippen MR) is 91.4 cm³/mol. The molecule has 0 aromatic heterocycles. The molecule has 7 heteroatoms. The minimum Gasteiger partial charge on any atom is -0.376 e. The molecule has 7 nitrogen and oxygen atoms in total. The van der Waals surface area contributed by atoms with Crippen LogP contribution in [0.2, 0.25) is 0 Å². The Bertz CT molecular complexity index is 378. The van der Waals surface area contributed by atoms with Crippen LogP contribution < -0.4 is 0 Å². The topological polar surface area (TPSA) is 64.6 Å². The normalized spacial score (nSPS) is 29.0. The van der Waals surface area contributed by atoms with Gasteiger partial charge in [-0.25, -0.2) is 0 Å². The summed E-state index contributed by atoms with van der Waals surface area (Å²) in [7, 11) is 0. The zero-order chi connectivity index (χ0) is 18.3. The van der Waals surface area contributed by atoms with Gasteiger partial charge in [0.1, 0.15) is 18.3 Å². The van der Waals surface area contributed by atoms with Crippen molar-refractivity contribution in [3.05, 3.63) is 12.7 Å². The van der Waals surface area contributed by atoms with Gasteiger partial charge in [0.15, 0.2) is 11.6 Å². The zero-order valence-electron chi connectivity index (χ0n) is 15.8. The van der Waals surface area contributed by atoms with Crippen molar-refractivity contribution in [3.63, 3.8) is 0 Å². The van der Waals surface area contributed by atoms with Gasteiger partial charge in [0.2, 0.25) is 0 Å². The van der Waals surface area contributed by atoms with E-state index in [1.165, 1.54) is 0 Å². The van der Waals surface area contributed by atoms with Crippen molar-refractivity contribution in [1.82, 2.24) is 0 Å². The summed E-state index contributed by atoms with van der Waals surface area (Å²) in [4.78, 5) is 0. The molecular formula is C18H32O7. The van der Waals surface area contributed by atoms with Crippen molar-refractivity contribution in [1.29, 1.82) is 0 Å². The molecule has 2 rings (SSSR count). The van der Waals surface area contributed by atoms with Crippen molar-refractivity contribution in [3.8, 4) is 0 Å². The largest absolute Gasteiger partial charge is 0.376 e. The molecule has 2 heterocycles. The Morgan fingerprint density at radius 3 is 1.80 bits per heavy atom. The molecule has 0 aromatic rings. The molecule has 2 fully saturated rings. The van der Waals surface area contributed by atoms with Crippen LogP contribution >= 0.6 is 0 Å². The van der Waals surface area contributed by atoms with Gasteiger partial charge >= 0.3 is 0 Å². The second-order valence-electron chi connectivity index (χ2n) is 7.22. The lowest BCUT2D eigenvalue weighted by atomic mass is 10.3. The van der Waals surface area contributed by atoms with Crippen molar-refractivity contribution in [2.45, 2.75) is 57.6 Å². The molecule has 0 aliphatic carbocycles. The highest BCUT2D eigenvalue weighted by Gasteiger charge is 2.33. The van der Waals surface area contributed by atoms with Crippen LogP contribution in [0.15, 0.2) is 12.7 Å². The summed E-state index contributed by atoms with van der Waals surface area (Å²) in [6.07, 6.45) is 1.42. The Kier molecular flexibility index (Phi) is 7.82. The van der Waals surface area contributed by atoms with Crippen LogP contribution in [0.25, 0.3) is 0 Å². The minimum atomic E-state index is -0.535. The summed E-state index contributed by atoms with van der Waals surface area (Å²) in [5.74, 6) is -1.07. The third-order valence-electron chi connectivity index (χ3n) is 3.80. The molecule has 2 unspecified atom stereocenters. The van der Waals surface area contributed by atoms with E-state index in [1.807, 2.05) is 27.7 Å². The molecule has 146 valence electrons. The van der Waals surface area contributed by atoms with Gasteiger partial charge < -0.3 is 33.2 Å². The average molecular weight is 360 g/mol. The highest BCUT2D eigenvalue weighted by atomic mass is 16.8. The van der Waals surface area contributed by atoms with E-state index < -0.39 is 11.6 Å². The van der Waals surface area contributed by atoms with Gasteiger partial charge in [-0.3, -0.25) is 0 Å². The fourth-order valence-electron chi connectivity index (χ4n) is 2.70. The van der Waals surface area contributed by atoms with Crippen LogP contribution in [0.5, 0.6) is 0 Å². The lowest BCUT2D eigenvalue weighted by molar-refractivity contribution is -0.151. The average Bonchev–Trinajstić information content (AvgIpc) is 3.05. The lowest BCUT2D eigenvalue weighted by Gasteiger charge is -2.21. The van der Waals surface area contributed by atoms with E-state index >= 15 is 0 Å². The van der Waals surface area contributed by atoms with E-state index in [9.17, 15) is 0 Å². The summed E-state index contributed by atoms with van der Waals surface area (Å²) in [5.41, 5.74) is 0. The maximum Gasteiger partial charge on any atom is 0.163 e. The molecule has 0 bridgehead atoms. The number of hydrogen-bond acceptors (Lipinski definition) is 7. The molecule has 0 radical (unpaired) electrons. The van der Waals surface area contributed by atoms with Gasteiger partial charge in [-0.05, 0) is 27.7 Å². The third-order valence-corrected chi connectivity index (χ3v) is 3.80. The standard InChI is InChI=1S/C18H32O7/c1-6-7-21-14(8-19-10-15-12-22-17(2,3)24-15)9-20-11-16-13-23-18(4,5)25-16/h6,14-16H,1,7-13H2,2-5H3. The Balaban J connectivity index is 1.63. The first kappa shape index (κ1) is 20.8. The van der Waals surface area contributed by atoms with E-state index in [-0.39, 0.29) is 18.3 Å². The molecule has 0 spiro atoms. The summed E-state index contributed by atoms with van der Waals surface area (Å²) in [5, 5.41) is 0. The third kappa shape index (κ3) is 7.70. The van der Waals surface area contributed by atoms with Crippen molar-refractivity contribution >= 4 is 0 Å². The molecule has 0 N–H and O–H groups in total. The highest BCUT2D eigenvalue weighted by Crippen LogP contribution is 2.23. The Morgan fingerprint density at radius 2 is 1.44 bits per heavy atom. The highest BCUT2D eigenvalue weighted by molar-refractivity contribution is 4.73. The summed E-state index contributed by atoms with van der Waals surface area (Å²) >= 11 is 0. The molecule has 2 atom stereocenters. The molecule has 0 aromatic carbocycles. The lowest BCUT2D eigenvalue weighted by Crippen LogP contribution is -2.31. The van der Waals surface area contributed by atoms with Gasteiger partial charge in [0.25, 0.3) is 0 Å². The quantitative estimate of drug-likeness (QED) is 0.521. The summed E-state index contributed by atoms with van der Waals surface area (Å²) in [6, 6.07) is 0. The molecule has 25 heavy (non-hydrogen) atoms. The SMILES string of the molecule is C=CCOC(COCC1COC(C)(C)O1)COCC1COC(C)(C)O1. The predicted octanol–water partition coefficient (Wildman–Crippen LogP) is 1.89. The number of hydrogen-bond donors (Lipinski definition) is 0. The van der Waals surface area contributed by atoms with Gasteiger partial charge in [-0.15, -0.1) is 6.58 Å². The molecule has 0 amide bonds. The molecular weight excluding hydrogens is 328 g/mol. The first-order valence-corrected chi connectivity index (χ1v) is 8.81. The Hall–Kier alpha value is -0.540. The van der Waals surface area contributed by atoms with Crippen LogP contribution in [0.1, 0.15) is 27.7 Å². The molecule has 2 aliphatic heterocycles. The summed E-state index contributed by atoms with van der Waals surface area (Å²) < 4.78 is 39.6. The van der Waals surface area contributed by atoms with E-state index in [2.05, 4.69) is 6.58 Å². The molecule has 0 saturated carbocycles. The Morgan fingerprint density at radius 1 is 0.960 bits per heavy atom. The van der Waals surface area contributed by atoms with Crippen LogP contribution in [0, 0.1) is 0 Å². The zero-order valence-corrected chi connectivity index (χ0v) is 15.8. The van der Waals surface area contributed by atoms with Crippen LogP contribution in [0.4, 0.5) is 0 Å². The second-order valence-corrected chi connectivity index (χ2v) is 7.22. The van der Waals surface area contributed by atoms with Gasteiger partial charge in [0.05, 0.1) is 46.2 Å². The van der Waals surface area contributed by atoms with E-state index in [4.69, 9.17) is 33.2 Å². The van der Waals surface area contributed by atoms with Crippen molar-refractivity contribution in [2.24, 2.45) is 0 Å². The maximum atomic E-state index is 5.73. The van der Waals surface area contributed by atoms with Crippen molar-refractivity contribution < 1.29 is 33.2 Å². The smallest absolute Gasteiger partial charge is 0.163 e. The Labute approximate surface area is 150 Å². The first-order chi connectivity index (χ1) is 11.8.